The number of unbranched alkanes of at least 4 members (excludes halogenated alkanes) is 10. The second-order valence-electron chi connectivity index (χ2n) is 6.31. The molecule has 0 aromatic heterocycles. The number of aliphatic hydroxyl groups excluding tert-OH is 2. The number of esters is 1. The van der Waals surface area contributed by atoms with Gasteiger partial charge in [-0.3, -0.25) is 4.79 Å². The highest BCUT2D eigenvalue weighted by molar-refractivity contribution is 5.69. The molecule has 0 spiro atoms. The molecule has 4 nitrogen and oxygen atoms in total. The molecule has 0 saturated carbocycles. The molecule has 0 aliphatic carbocycles. The first-order valence-electron chi connectivity index (χ1n) is 10.1. The van der Waals surface area contributed by atoms with Gasteiger partial charge in [0, 0.05) is 19.6 Å². The highest BCUT2D eigenvalue weighted by Gasteiger charge is 1.97. The fourth-order valence-electron chi connectivity index (χ4n) is 2.31. The van der Waals surface area contributed by atoms with Gasteiger partial charge in [-0.25, -0.2) is 0 Å². The normalized spacial score (nSPS) is 10.2. The second kappa shape index (κ2) is 24.6. The summed E-state index contributed by atoms with van der Waals surface area (Å²) in [7, 11) is 0. The molecule has 0 atom stereocenters. The van der Waals surface area contributed by atoms with E-state index < -0.39 is 0 Å². The summed E-state index contributed by atoms with van der Waals surface area (Å²) in [6.07, 6.45) is 16.0. The summed E-state index contributed by atoms with van der Waals surface area (Å²) in [6, 6.07) is 0. The van der Waals surface area contributed by atoms with Crippen molar-refractivity contribution >= 4 is 5.97 Å². The molecule has 0 heterocycles. The van der Waals surface area contributed by atoms with Crippen LogP contribution in [0.1, 0.15) is 104 Å². The summed E-state index contributed by atoms with van der Waals surface area (Å²) < 4.78 is 4.79. The molecule has 0 aliphatic rings. The van der Waals surface area contributed by atoms with Crippen molar-refractivity contribution in [3.05, 3.63) is 0 Å². The van der Waals surface area contributed by atoms with Gasteiger partial charge in [-0.2, -0.15) is 0 Å². The minimum atomic E-state index is -0.0700. The van der Waals surface area contributed by atoms with E-state index in [1.807, 2.05) is 13.8 Å². The van der Waals surface area contributed by atoms with Crippen LogP contribution in [-0.4, -0.2) is 36.0 Å². The average Bonchev–Trinajstić information content (AvgIpc) is 2.59. The lowest BCUT2D eigenvalue weighted by atomic mass is 10.1. The number of rotatable bonds is 16. The number of aliphatic hydroxyl groups is 2. The van der Waals surface area contributed by atoms with Crippen LogP contribution in [0.3, 0.4) is 0 Å². The summed E-state index contributed by atoms with van der Waals surface area (Å²) >= 11 is 0. The molecule has 0 saturated heterocycles. The molecule has 0 aliphatic heterocycles. The average molecular weight is 347 g/mol. The van der Waals surface area contributed by atoms with Gasteiger partial charge < -0.3 is 14.9 Å². The SMILES string of the molecule is CCCOC(=O)CCC.OCCCCCCCCCCCCCO. The summed E-state index contributed by atoms with van der Waals surface area (Å²) in [5, 5.41) is 17.2. The molecule has 4 heteroatoms. The van der Waals surface area contributed by atoms with E-state index in [0.29, 0.717) is 26.2 Å². The monoisotopic (exact) mass is 346 g/mol. The lowest BCUT2D eigenvalue weighted by molar-refractivity contribution is -0.143. The van der Waals surface area contributed by atoms with Gasteiger partial charge in [0.05, 0.1) is 6.61 Å². The first-order valence-corrected chi connectivity index (χ1v) is 10.1. The maximum Gasteiger partial charge on any atom is 0.305 e. The number of carbonyl (C=O) groups excluding carboxylic acids is 1. The standard InChI is InChI=1S/C13H28O2.C7H14O2/c14-12-10-8-6-4-2-1-3-5-7-9-11-13-15;1-3-5-7(8)9-6-4-2/h14-15H,1-13H2;3-6H2,1-2H3. The smallest absolute Gasteiger partial charge is 0.305 e. The third kappa shape index (κ3) is 26.3. The summed E-state index contributed by atoms with van der Waals surface area (Å²) in [5.41, 5.74) is 0. The molecule has 146 valence electrons. The van der Waals surface area contributed by atoms with Crippen molar-refractivity contribution in [3.63, 3.8) is 0 Å². The van der Waals surface area contributed by atoms with Crippen LogP contribution in [0.25, 0.3) is 0 Å². The van der Waals surface area contributed by atoms with Crippen LogP contribution in [-0.2, 0) is 9.53 Å². The molecule has 0 rings (SSSR count). The van der Waals surface area contributed by atoms with Crippen LogP contribution in [0.15, 0.2) is 0 Å². The predicted molar refractivity (Wildman–Crippen MR) is 101 cm³/mol. The molecule has 0 fully saturated rings. The molecule has 0 aromatic carbocycles. The van der Waals surface area contributed by atoms with Gasteiger partial charge in [0.1, 0.15) is 0 Å². The Hall–Kier alpha value is -0.610. The Morgan fingerprint density at radius 1 is 0.667 bits per heavy atom. The van der Waals surface area contributed by atoms with Crippen molar-refractivity contribution in [2.75, 3.05) is 19.8 Å². The third-order valence-electron chi connectivity index (χ3n) is 3.74. The Morgan fingerprint density at radius 2 is 1.04 bits per heavy atom. The highest BCUT2D eigenvalue weighted by Crippen LogP contribution is 2.10. The van der Waals surface area contributed by atoms with E-state index in [1.165, 1.54) is 57.8 Å². The third-order valence-corrected chi connectivity index (χ3v) is 3.74. The van der Waals surface area contributed by atoms with E-state index in [2.05, 4.69) is 0 Å². The zero-order chi connectivity index (χ0) is 18.3. The van der Waals surface area contributed by atoms with Gasteiger partial charge in [0.2, 0.25) is 0 Å². The van der Waals surface area contributed by atoms with Gasteiger partial charge in [-0.05, 0) is 25.7 Å². The Morgan fingerprint density at radius 3 is 1.33 bits per heavy atom. The Labute approximate surface area is 150 Å². The number of hydrogen-bond acceptors (Lipinski definition) is 4. The van der Waals surface area contributed by atoms with Crippen molar-refractivity contribution in [2.45, 2.75) is 104 Å². The van der Waals surface area contributed by atoms with E-state index in [0.717, 1.165) is 25.7 Å². The van der Waals surface area contributed by atoms with E-state index in [4.69, 9.17) is 14.9 Å². The minimum Gasteiger partial charge on any atom is -0.466 e. The summed E-state index contributed by atoms with van der Waals surface area (Å²) in [6.45, 7) is 5.22. The topological polar surface area (TPSA) is 66.8 Å². The minimum absolute atomic E-state index is 0.0700. The second-order valence-corrected chi connectivity index (χ2v) is 6.31. The molecular formula is C20H42O4. The fourth-order valence-corrected chi connectivity index (χ4v) is 2.31. The molecule has 2 N–H and O–H groups in total. The van der Waals surface area contributed by atoms with Gasteiger partial charge in [0.25, 0.3) is 0 Å². The van der Waals surface area contributed by atoms with Gasteiger partial charge in [0.15, 0.2) is 0 Å². The Balaban J connectivity index is 0. The quantitative estimate of drug-likeness (QED) is 0.305. The largest absolute Gasteiger partial charge is 0.466 e. The molecule has 0 unspecified atom stereocenters. The molecule has 0 amide bonds. The molecule has 0 radical (unpaired) electrons. The van der Waals surface area contributed by atoms with Crippen LogP contribution >= 0.6 is 0 Å². The highest BCUT2D eigenvalue weighted by atomic mass is 16.5. The van der Waals surface area contributed by atoms with Crippen molar-refractivity contribution in [2.24, 2.45) is 0 Å². The van der Waals surface area contributed by atoms with Crippen LogP contribution in [0.2, 0.25) is 0 Å². The van der Waals surface area contributed by atoms with Crippen LogP contribution in [0, 0.1) is 0 Å². The van der Waals surface area contributed by atoms with E-state index in [1.54, 1.807) is 0 Å². The fraction of sp³-hybridized carbons (Fsp3) is 0.950. The van der Waals surface area contributed by atoms with Crippen molar-refractivity contribution in [3.8, 4) is 0 Å². The lowest BCUT2D eigenvalue weighted by Gasteiger charge is -2.01. The maximum atomic E-state index is 10.6. The number of hydrogen-bond donors (Lipinski definition) is 2. The lowest BCUT2D eigenvalue weighted by Crippen LogP contribution is -2.03. The first kappa shape index (κ1) is 25.6. The molecular weight excluding hydrogens is 304 g/mol. The first-order chi connectivity index (χ1) is 11.7. The number of carbonyl (C=O) groups is 1. The zero-order valence-corrected chi connectivity index (χ0v) is 16.2. The predicted octanol–water partition coefficient (Wildman–Crippen LogP) is 5.00. The Kier molecular flexibility index (Phi) is 26.3. The van der Waals surface area contributed by atoms with E-state index >= 15 is 0 Å². The summed E-state index contributed by atoms with van der Waals surface area (Å²) in [5.74, 6) is -0.0700. The van der Waals surface area contributed by atoms with Crippen molar-refractivity contribution < 1.29 is 19.7 Å². The van der Waals surface area contributed by atoms with Crippen LogP contribution < -0.4 is 0 Å². The number of ether oxygens (including phenoxy) is 1. The molecule has 0 bridgehead atoms. The van der Waals surface area contributed by atoms with Crippen LogP contribution in [0.4, 0.5) is 0 Å². The van der Waals surface area contributed by atoms with Gasteiger partial charge >= 0.3 is 5.97 Å². The Bertz CT molecular complexity index is 220. The molecule has 24 heavy (non-hydrogen) atoms. The van der Waals surface area contributed by atoms with Crippen molar-refractivity contribution in [1.29, 1.82) is 0 Å². The van der Waals surface area contributed by atoms with Gasteiger partial charge in [-0.1, -0.05) is 71.6 Å². The maximum absolute atomic E-state index is 10.6. The van der Waals surface area contributed by atoms with Crippen molar-refractivity contribution in [1.82, 2.24) is 0 Å². The zero-order valence-electron chi connectivity index (χ0n) is 16.2. The molecule has 0 aromatic rings. The van der Waals surface area contributed by atoms with E-state index in [-0.39, 0.29) is 5.97 Å². The van der Waals surface area contributed by atoms with Crippen LogP contribution in [0.5, 0.6) is 0 Å². The van der Waals surface area contributed by atoms with Gasteiger partial charge in [-0.15, -0.1) is 0 Å². The van der Waals surface area contributed by atoms with E-state index in [9.17, 15) is 4.79 Å². The summed E-state index contributed by atoms with van der Waals surface area (Å²) in [4.78, 5) is 10.6.